The molecular formula is C14H22N2O3. The fraction of sp³-hybridized carbons (Fsp3) is 0.500. The third kappa shape index (κ3) is 4.13. The van der Waals surface area contributed by atoms with Gasteiger partial charge in [0.15, 0.2) is 0 Å². The topological polar surface area (TPSA) is 73.6 Å². The fourth-order valence-corrected chi connectivity index (χ4v) is 1.52. The van der Waals surface area contributed by atoms with Crippen molar-refractivity contribution in [3.63, 3.8) is 0 Å². The molecule has 0 aliphatic carbocycles. The maximum Gasteiger partial charge on any atom is 0.340 e. The van der Waals surface area contributed by atoms with Crippen LogP contribution in [0.1, 0.15) is 31.1 Å². The summed E-state index contributed by atoms with van der Waals surface area (Å²) in [4.78, 5) is 11.9. The average molecular weight is 266 g/mol. The second-order valence-electron chi connectivity index (χ2n) is 4.81. The Kier molecular flexibility index (Phi) is 5.18. The van der Waals surface area contributed by atoms with Crippen molar-refractivity contribution in [2.75, 3.05) is 31.3 Å². The summed E-state index contributed by atoms with van der Waals surface area (Å²) in [5.41, 5.74) is 7.10. The molecule has 0 radical (unpaired) electrons. The lowest BCUT2D eigenvalue weighted by atomic mass is 10.1. The summed E-state index contributed by atoms with van der Waals surface area (Å²) < 4.78 is 10.3. The molecule has 0 aliphatic heterocycles. The summed E-state index contributed by atoms with van der Waals surface area (Å²) in [7, 11) is 1.64. The highest BCUT2D eigenvalue weighted by Gasteiger charge is 2.19. The van der Waals surface area contributed by atoms with Gasteiger partial charge in [-0.15, -0.1) is 0 Å². The number of nitrogens with two attached hydrogens (primary N) is 1. The van der Waals surface area contributed by atoms with E-state index in [9.17, 15) is 4.79 Å². The minimum Gasteiger partial charge on any atom is -0.462 e. The Bertz CT molecular complexity index is 444. The number of hydrogen-bond acceptors (Lipinski definition) is 5. The molecule has 1 rings (SSSR count). The van der Waals surface area contributed by atoms with E-state index < -0.39 is 0 Å². The van der Waals surface area contributed by atoms with Crippen molar-refractivity contribution >= 4 is 17.3 Å². The van der Waals surface area contributed by atoms with E-state index in [0.29, 0.717) is 30.1 Å². The highest BCUT2D eigenvalue weighted by atomic mass is 16.5. The van der Waals surface area contributed by atoms with Crippen molar-refractivity contribution in [1.29, 1.82) is 0 Å². The molecule has 0 unspecified atom stereocenters. The number of carbonyl (C=O) groups excluding carboxylic acids is 1. The Morgan fingerprint density at radius 3 is 2.68 bits per heavy atom. The van der Waals surface area contributed by atoms with E-state index in [4.69, 9.17) is 15.2 Å². The summed E-state index contributed by atoms with van der Waals surface area (Å²) in [6.45, 7) is 6.53. The minimum absolute atomic E-state index is 0.330. The molecule has 0 atom stereocenters. The van der Waals surface area contributed by atoms with E-state index >= 15 is 0 Å². The number of carbonyl (C=O) groups is 1. The molecular weight excluding hydrogens is 244 g/mol. The van der Waals surface area contributed by atoms with Crippen molar-refractivity contribution in [2.45, 2.75) is 26.4 Å². The molecule has 19 heavy (non-hydrogen) atoms. The molecule has 1 aromatic carbocycles. The maximum atomic E-state index is 11.9. The number of nitrogen functional groups attached to an aromatic ring is 1. The van der Waals surface area contributed by atoms with Crippen LogP contribution in [0.3, 0.4) is 0 Å². The van der Waals surface area contributed by atoms with Gasteiger partial charge in [0, 0.05) is 13.7 Å². The molecule has 3 N–H and O–H groups in total. The number of esters is 1. The molecule has 0 bridgehead atoms. The molecule has 5 heteroatoms. The summed E-state index contributed by atoms with van der Waals surface area (Å²) in [5, 5.41) is 3.16. The van der Waals surface area contributed by atoms with Crippen LogP contribution in [0.4, 0.5) is 11.4 Å². The van der Waals surface area contributed by atoms with Gasteiger partial charge in [0.2, 0.25) is 0 Å². The molecule has 1 aromatic rings. The van der Waals surface area contributed by atoms with Gasteiger partial charge in [0.25, 0.3) is 0 Å². The Balaban J connectivity index is 2.95. The first-order chi connectivity index (χ1) is 8.91. The average Bonchev–Trinajstić information content (AvgIpc) is 2.37. The Hall–Kier alpha value is -1.75. The van der Waals surface area contributed by atoms with E-state index in [-0.39, 0.29) is 11.6 Å². The SMILES string of the molecule is CCOC(=O)c1cccc(N)c1NCC(C)(C)OC. The van der Waals surface area contributed by atoms with Crippen LogP contribution in [-0.2, 0) is 9.47 Å². The van der Waals surface area contributed by atoms with Crippen LogP contribution in [-0.4, -0.2) is 31.8 Å². The summed E-state index contributed by atoms with van der Waals surface area (Å²) in [6.07, 6.45) is 0. The lowest BCUT2D eigenvalue weighted by molar-refractivity contribution is 0.0342. The lowest BCUT2D eigenvalue weighted by Gasteiger charge is -2.25. The van der Waals surface area contributed by atoms with Crippen LogP contribution in [0.25, 0.3) is 0 Å². The third-order valence-electron chi connectivity index (χ3n) is 2.84. The Labute approximate surface area is 114 Å². The first kappa shape index (κ1) is 15.3. The number of anilines is 2. The van der Waals surface area contributed by atoms with Crippen molar-refractivity contribution in [3.8, 4) is 0 Å². The number of ether oxygens (including phenoxy) is 2. The molecule has 0 saturated carbocycles. The van der Waals surface area contributed by atoms with Gasteiger partial charge < -0.3 is 20.5 Å². The number of methoxy groups -OCH3 is 1. The predicted octanol–water partition coefficient (Wildman–Crippen LogP) is 2.28. The maximum absolute atomic E-state index is 11.9. The second kappa shape index (κ2) is 6.43. The Morgan fingerprint density at radius 2 is 2.11 bits per heavy atom. The summed E-state index contributed by atoms with van der Waals surface area (Å²) in [5.74, 6) is -0.382. The Morgan fingerprint density at radius 1 is 1.42 bits per heavy atom. The van der Waals surface area contributed by atoms with Gasteiger partial charge >= 0.3 is 5.97 Å². The van der Waals surface area contributed by atoms with E-state index in [1.807, 2.05) is 13.8 Å². The molecule has 106 valence electrons. The molecule has 0 spiro atoms. The normalized spacial score (nSPS) is 11.2. The van der Waals surface area contributed by atoms with Gasteiger partial charge in [-0.1, -0.05) is 6.07 Å². The molecule has 0 aromatic heterocycles. The first-order valence-corrected chi connectivity index (χ1v) is 6.26. The van der Waals surface area contributed by atoms with Crippen molar-refractivity contribution in [2.24, 2.45) is 0 Å². The fourth-order valence-electron chi connectivity index (χ4n) is 1.52. The van der Waals surface area contributed by atoms with Gasteiger partial charge in [0.1, 0.15) is 0 Å². The molecule has 0 aliphatic rings. The number of rotatable bonds is 6. The van der Waals surface area contributed by atoms with Crippen molar-refractivity contribution in [3.05, 3.63) is 23.8 Å². The molecule has 0 heterocycles. The summed E-state index contributed by atoms with van der Waals surface area (Å²) in [6, 6.07) is 5.16. The molecule has 5 nitrogen and oxygen atoms in total. The van der Waals surface area contributed by atoms with E-state index in [2.05, 4.69) is 5.32 Å². The minimum atomic E-state index is -0.382. The number of para-hydroxylation sites is 1. The van der Waals surface area contributed by atoms with Gasteiger partial charge in [-0.05, 0) is 32.9 Å². The quantitative estimate of drug-likeness (QED) is 0.610. The molecule has 0 saturated heterocycles. The largest absolute Gasteiger partial charge is 0.462 e. The zero-order valence-corrected chi connectivity index (χ0v) is 11.9. The lowest BCUT2D eigenvalue weighted by Crippen LogP contribution is -2.32. The zero-order chi connectivity index (χ0) is 14.5. The van der Waals surface area contributed by atoms with Crippen LogP contribution in [0, 0.1) is 0 Å². The van der Waals surface area contributed by atoms with Gasteiger partial charge in [-0.3, -0.25) is 0 Å². The van der Waals surface area contributed by atoms with Crippen molar-refractivity contribution < 1.29 is 14.3 Å². The number of nitrogens with one attached hydrogen (secondary N) is 1. The first-order valence-electron chi connectivity index (χ1n) is 6.26. The molecule has 0 fully saturated rings. The third-order valence-corrected chi connectivity index (χ3v) is 2.84. The van der Waals surface area contributed by atoms with E-state index in [0.717, 1.165) is 0 Å². The zero-order valence-electron chi connectivity index (χ0n) is 11.9. The highest BCUT2D eigenvalue weighted by Crippen LogP contribution is 2.25. The van der Waals surface area contributed by atoms with Gasteiger partial charge in [0.05, 0.1) is 29.1 Å². The van der Waals surface area contributed by atoms with E-state index in [1.54, 1.807) is 32.2 Å². The van der Waals surface area contributed by atoms with Crippen LogP contribution in [0.15, 0.2) is 18.2 Å². The second-order valence-corrected chi connectivity index (χ2v) is 4.81. The monoisotopic (exact) mass is 266 g/mol. The summed E-state index contributed by atoms with van der Waals surface area (Å²) >= 11 is 0. The van der Waals surface area contributed by atoms with Crippen LogP contribution >= 0.6 is 0 Å². The van der Waals surface area contributed by atoms with Crippen LogP contribution in [0.5, 0.6) is 0 Å². The van der Waals surface area contributed by atoms with Gasteiger partial charge in [-0.2, -0.15) is 0 Å². The van der Waals surface area contributed by atoms with Gasteiger partial charge in [-0.25, -0.2) is 4.79 Å². The van der Waals surface area contributed by atoms with E-state index in [1.165, 1.54) is 0 Å². The molecule has 0 amide bonds. The van der Waals surface area contributed by atoms with Crippen LogP contribution in [0.2, 0.25) is 0 Å². The number of benzene rings is 1. The predicted molar refractivity (Wildman–Crippen MR) is 76.4 cm³/mol. The smallest absolute Gasteiger partial charge is 0.340 e. The highest BCUT2D eigenvalue weighted by molar-refractivity contribution is 5.98. The van der Waals surface area contributed by atoms with Crippen molar-refractivity contribution in [1.82, 2.24) is 0 Å². The standard InChI is InChI=1S/C14H22N2O3/c1-5-19-13(17)10-7-6-8-11(15)12(10)16-9-14(2,3)18-4/h6-8,16H,5,9,15H2,1-4H3. The number of hydrogen-bond donors (Lipinski definition) is 2. The van der Waals surface area contributed by atoms with Crippen LogP contribution < -0.4 is 11.1 Å².